The first-order valence-corrected chi connectivity index (χ1v) is 25.3. The molecule has 0 aromatic carbocycles. The number of esters is 3. The summed E-state index contributed by atoms with van der Waals surface area (Å²) in [4.78, 5) is 37.8. The minimum atomic E-state index is -0.761. The summed E-state index contributed by atoms with van der Waals surface area (Å²) in [5.74, 6) is 0.842. The highest BCUT2D eigenvalue weighted by atomic mass is 16.6. The molecule has 2 atom stereocenters. The van der Waals surface area contributed by atoms with Crippen molar-refractivity contribution in [1.29, 1.82) is 0 Å². The van der Waals surface area contributed by atoms with E-state index >= 15 is 0 Å². The average Bonchev–Trinajstić information content (AvgIpc) is 3.19. The molecule has 0 aliphatic rings. The molecule has 0 aliphatic carbocycles. The lowest BCUT2D eigenvalue weighted by Crippen LogP contribution is -2.30. The van der Waals surface area contributed by atoms with Crippen molar-refractivity contribution in [3.05, 3.63) is 0 Å². The van der Waals surface area contributed by atoms with E-state index in [1.165, 1.54) is 167 Å². The largest absolute Gasteiger partial charge is 0.462 e. The van der Waals surface area contributed by atoms with Gasteiger partial charge in [0.15, 0.2) is 6.10 Å². The maximum atomic E-state index is 12.8. The number of hydrogen-bond acceptors (Lipinski definition) is 6. The van der Waals surface area contributed by atoms with E-state index in [0.717, 1.165) is 69.6 Å². The Morgan fingerprint density at radius 1 is 0.368 bits per heavy atom. The van der Waals surface area contributed by atoms with Crippen molar-refractivity contribution in [2.75, 3.05) is 13.2 Å². The fourth-order valence-corrected chi connectivity index (χ4v) is 7.60. The summed E-state index contributed by atoms with van der Waals surface area (Å²) >= 11 is 0. The van der Waals surface area contributed by atoms with Gasteiger partial charge in [-0.05, 0) is 31.1 Å². The van der Waals surface area contributed by atoms with Crippen LogP contribution in [0.5, 0.6) is 0 Å². The smallest absolute Gasteiger partial charge is 0.306 e. The van der Waals surface area contributed by atoms with Crippen LogP contribution in [0.25, 0.3) is 0 Å². The van der Waals surface area contributed by atoms with Crippen molar-refractivity contribution in [2.45, 2.75) is 285 Å². The highest BCUT2D eigenvalue weighted by Crippen LogP contribution is 2.18. The molecule has 0 saturated heterocycles. The van der Waals surface area contributed by atoms with Gasteiger partial charge in [0.2, 0.25) is 0 Å². The predicted octanol–water partition coefficient (Wildman–Crippen LogP) is 16.1. The molecule has 0 N–H and O–H groups in total. The summed E-state index contributed by atoms with van der Waals surface area (Å²) in [7, 11) is 0. The molecule has 0 spiro atoms. The predicted molar refractivity (Wildman–Crippen MR) is 243 cm³/mol. The van der Waals surface area contributed by atoms with Crippen LogP contribution in [0.2, 0.25) is 0 Å². The minimum absolute atomic E-state index is 0.0644. The second-order valence-electron chi connectivity index (χ2n) is 18.2. The zero-order valence-electron chi connectivity index (χ0n) is 39.0. The van der Waals surface area contributed by atoms with Crippen molar-refractivity contribution < 1.29 is 28.6 Å². The third kappa shape index (κ3) is 43.8. The molecule has 0 amide bonds. The van der Waals surface area contributed by atoms with E-state index in [-0.39, 0.29) is 31.1 Å². The highest BCUT2D eigenvalue weighted by molar-refractivity contribution is 5.71. The summed E-state index contributed by atoms with van der Waals surface area (Å²) in [5, 5.41) is 0. The second kappa shape index (κ2) is 44.0. The molecule has 6 nitrogen and oxygen atoms in total. The first-order chi connectivity index (χ1) is 27.8. The molecule has 6 heteroatoms. The normalized spacial score (nSPS) is 12.5. The molecule has 0 fully saturated rings. The Morgan fingerprint density at radius 2 is 0.667 bits per heavy atom. The third-order valence-corrected chi connectivity index (χ3v) is 11.8. The van der Waals surface area contributed by atoms with Crippen LogP contribution in [0.1, 0.15) is 279 Å². The SMILES string of the molecule is CCCCCCCCCCCC(=O)OC[C@H](COC(=O)CCCCCCCCCCC(C)CC)OC(=O)CCCCCCCCCCCCCCCCCC(C)C. The Labute approximate surface area is 355 Å². The van der Waals surface area contributed by atoms with Crippen LogP contribution < -0.4 is 0 Å². The van der Waals surface area contributed by atoms with Gasteiger partial charge in [-0.1, -0.05) is 240 Å². The Balaban J connectivity index is 4.26. The number of ether oxygens (including phenoxy) is 3. The van der Waals surface area contributed by atoms with Gasteiger partial charge in [0.1, 0.15) is 13.2 Å². The van der Waals surface area contributed by atoms with Crippen molar-refractivity contribution >= 4 is 17.9 Å². The van der Waals surface area contributed by atoms with Gasteiger partial charge in [0, 0.05) is 19.3 Å². The summed E-state index contributed by atoms with van der Waals surface area (Å²) in [6.45, 7) is 11.4. The zero-order valence-corrected chi connectivity index (χ0v) is 39.0. The van der Waals surface area contributed by atoms with Crippen LogP contribution in [0.3, 0.4) is 0 Å². The van der Waals surface area contributed by atoms with Gasteiger partial charge in [-0.25, -0.2) is 0 Å². The second-order valence-corrected chi connectivity index (χ2v) is 18.2. The average molecular weight is 807 g/mol. The summed E-state index contributed by atoms with van der Waals surface area (Å²) in [6.07, 6.45) is 43.7. The van der Waals surface area contributed by atoms with E-state index in [1.807, 2.05) is 0 Å². The first kappa shape index (κ1) is 55.4. The number of hydrogen-bond donors (Lipinski definition) is 0. The Hall–Kier alpha value is -1.59. The van der Waals surface area contributed by atoms with Crippen molar-refractivity contribution in [3.63, 3.8) is 0 Å². The van der Waals surface area contributed by atoms with Gasteiger partial charge in [-0.15, -0.1) is 0 Å². The van der Waals surface area contributed by atoms with Crippen LogP contribution in [-0.2, 0) is 28.6 Å². The van der Waals surface area contributed by atoms with E-state index < -0.39 is 6.10 Å². The molecule has 0 aliphatic heterocycles. The van der Waals surface area contributed by atoms with Gasteiger partial charge in [0.25, 0.3) is 0 Å². The van der Waals surface area contributed by atoms with Gasteiger partial charge in [0.05, 0.1) is 0 Å². The van der Waals surface area contributed by atoms with E-state index in [1.54, 1.807) is 0 Å². The number of unbranched alkanes of at least 4 members (excludes halogenated alkanes) is 29. The Bertz CT molecular complexity index is 872. The molecule has 338 valence electrons. The van der Waals surface area contributed by atoms with Crippen molar-refractivity contribution in [1.82, 2.24) is 0 Å². The Morgan fingerprint density at radius 3 is 1.00 bits per heavy atom. The molecule has 0 bridgehead atoms. The molecule has 0 heterocycles. The lowest BCUT2D eigenvalue weighted by Gasteiger charge is -2.18. The summed E-state index contributed by atoms with van der Waals surface area (Å²) in [5.41, 5.74) is 0. The Kier molecular flexibility index (Phi) is 42.7. The van der Waals surface area contributed by atoms with E-state index in [0.29, 0.717) is 19.3 Å². The maximum absolute atomic E-state index is 12.8. The topological polar surface area (TPSA) is 78.9 Å². The van der Waals surface area contributed by atoms with Crippen LogP contribution in [0.4, 0.5) is 0 Å². The maximum Gasteiger partial charge on any atom is 0.306 e. The molecule has 0 aromatic heterocycles. The molecule has 0 aromatic rings. The van der Waals surface area contributed by atoms with Gasteiger partial charge < -0.3 is 14.2 Å². The molecule has 0 radical (unpaired) electrons. The standard InChI is InChI=1S/C51H98O6/c1-6-8-9-10-11-19-26-31-36-41-49(52)55-44-48(45-56-50(53)42-37-32-27-23-22-25-30-35-40-47(5)7-2)57-51(54)43-38-33-28-21-18-16-14-12-13-15-17-20-24-29-34-39-46(3)4/h46-48H,6-45H2,1-5H3/t47?,48-/m1/s1. The zero-order chi connectivity index (χ0) is 41.9. The lowest BCUT2D eigenvalue weighted by atomic mass is 9.99. The lowest BCUT2D eigenvalue weighted by molar-refractivity contribution is -0.167. The van der Waals surface area contributed by atoms with Gasteiger partial charge >= 0.3 is 17.9 Å². The van der Waals surface area contributed by atoms with Gasteiger partial charge in [-0.3, -0.25) is 14.4 Å². The van der Waals surface area contributed by atoms with Crippen LogP contribution >= 0.6 is 0 Å². The van der Waals surface area contributed by atoms with E-state index in [2.05, 4.69) is 34.6 Å². The fourth-order valence-electron chi connectivity index (χ4n) is 7.60. The number of carbonyl (C=O) groups excluding carboxylic acids is 3. The van der Waals surface area contributed by atoms with Crippen LogP contribution in [-0.4, -0.2) is 37.2 Å². The van der Waals surface area contributed by atoms with Crippen LogP contribution in [0.15, 0.2) is 0 Å². The molecule has 1 unspecified atom stereocenters. The molecule has 0 saturated carbocycles. The number of carbonyl (C=O) groups is 3. The fraction of sp³-hybridized carbons (Fsp3) is 0.941. The van der Waals surface area contributed by atoms with E-state index in [4.69, 9.17) is 14.2 Å². The van der Waals surface area contributed by atoms with Gasteiger partial charge in [-0.2, -0.15) is 0 Å². The molecular formula is C51H98O6. The monoisotopic (exact) mass is 807 g/mol. The van der Waals surface area contributed by atoms with E-state index in [9.17, 15) is 14.4 Å². The van der Waals surface area contributed by atoms with Crippen molar-refractivity contribution in [2.24, 2.45) is 11.8 Å². The van der Waals surface area contributed by atoms with Crippen LogP contribution in [0, 0.1) is 11.8 Å². The number of rotatable bonds is 45. The van der Waals surface area contributed by atoms with Crippen molar-refractivity contribution in [3.8, 4) is 0 Å². The molecule has 57 heavy (non-hydrogen) atoms. The molecular weight excluding hydrogens is 709 g/mol. The minimum Gasteiger partial charge on any atom is -0.462 e. The quantitative estimate of drug-likeness (QED) is 0.0346. The summed E-state index contributed by atoms with van der Waals surface area (Å²) in [6, 6.07) is 0. The third-order valence-electron chi connectivity index (χ3n) is 11.8. The highest BCUT2D eigenvalue weighted by Gasteiger charge is 2.19. The first-order valence-electron chi connectivity index (χ1n) is 25.3. The summed E-state index contributed by atoms with van der Waals surface area (Å²) < 4.78 is 16.8. The molecule has 0 rings (SSSR count).